The molecule has 2 amide bonds. The summed E-state index contributed by atoms with van der Waals surface area (Å²) in [6, 6.07) is 27.7. The van der Waals surface area contributed by atoms with Gasteiger partial charge in [0, 0.05) is 31.1 Å². The monoisotopic (exact) mass is 658 g/mol. The highest BCUT2D eigenvalue weighted by Gasteiger charge is 2.35. The molecule has 0 spiro atoms. The lowest BCUT2D eigenvalue weighted by atomic mass is 10.0. The summed E-state index contributed by atoms with van der Waals surface area (Å²) in [6.07, 6.45) is 0.810. The number of amides is 2. The Bertz CT molecular complexity index is 1790. The van der Waals surface area contributed by atoms with Crippen molar-refractivity contribution in [1.82, 2.24) is 10.2 Å². The van der Waals surface area contributed by atoms with Gasteiger partial charge in [0.25, 0.3) is 15.7 Å². The lowest BCUT2D eigenvalue weighted by molar-refractivity contribution is -0.384. The third-order valence-electron chi connectivity index (χ3n) is 7.70. The Labute approximate surface area is 275 Å². The van der Waals surface area contributed by atoms with E-state index in [0.717, 1.165) is 15.9 Å². The normalized spacial score (nSPS) is 12.4. The van der Waals surface area contributed by atoms with E-state index in [1.165, 1.54) is 42.3 Å². The molecule has 12 heteroatoms. The predicted octanol–water partition coefficient (Wildman–Crippen LogP) is 5.35. The number of non-ortho nitro benzene ring substituents is 1. The Morgan fingerprint density at radius 3 is 2.17 bits per heavy atom. The van der Waals surface area contributed by atoms with Crippen molar-refractivity contribution in [2.45, 2.75) is 50.2 Å². The van der Waals surface area contributed by atoms with Crippen LogP contribution in [0.3, 0.4) is 0 Å². The first-order valence-electron chi connectivity index (χ1n) is 15.1. The van der Waals surface area contributed by atoms with Gasteiger partial charge in [0.1, 0.15) is 18.3 Å². The summed E-state index contributed by atoms with van der Waals surface area (Å²) in [5, 5.41) is 14.6. The van der Waals surface area contributed by atoms with Crippen molar-refractivity contribution in [1.29, 1.82) is 0 Å². The lowest BCUT2D eigenvalue weighted by Crippen LogP contribution is -2.54. The number of sulfonamides is 1. The van der Waals surface area contributed by atoms with Crippen LogP contribution in [0.15, 0.2) is 114 Å². The zero-order chi connectivity index (χ0) is 34.0. The molecule has 0 saturated carbocycles. The smallest absolute Gasteiger partial charge is 0.271 e. The van der Waals surface area contributed by atoms with Gasteiger partial charge in [-0.2, -0.15) is 0 Å². The van der Waals surface area contributed by atoms with Gasteiger partial charge in [-0.1, -0.05) is 73.7 Å². The number of rotatable bonds is 15. The minimum Gasteiger partial charge on any atom is -0.497 e. The van der Waals surface area contributed by atoms with Crippen molar-refractivity contribution >= 4 is 33.2 Å². The molecular formula is C35H38N4O7S. The van der Waals surface area contributed by atoms with E-state index in [4.69, 9.17) is 4.74 Å². The summed E-state index contributed by atoms with van der Waals surface area (Å²) in [4.78, 5) is 40.7. The molecule has 11 nitrogen and oxygen atoms in total. The van der Waals surface area contributed by atoms with Crippen LogP contribution in [-0.2, 0) is 32.6 Å². The number of nitro benzene ring substituents is 1. The van der Waals surface area contributed by atoms with Gasteiger partial charge in [0.05, 0.1) is 22.6 Å². The van der Waals surface area contributed by atoms with Gasteiger partial charge in [-0.15, -0.1) is 0 Å². The molecule has 2 atom stereocenters. The van der Waals surface area contributed by atoms with Gasteiger partial charge in [0.2, 0.25) is 11.8 Å². The number of nitrogens with zero attached hydrogens (tertiary/aromatic N) is 3. The number of anilines is 1. The number of nitrogens with one attached hydrogen (secondary N) is 1. The molecular weight excluding hydrogens is 620 g/mol. The van der Waals surface area contributed by atoms with Crippen LogP contribution in [0, 0.1) is 10.1 Å². The fourth-order valence-corrected chi connectivity index (χ4v) is 6.40. The van der Waals surface area contributed by atoms with E-state index in [1.54, 1.807) is 42.5 Å². The lowest BCUT2D eigenvalue weighted by Gasteiger charge is -2.34. The molecule has 4 rings (SSSR count). The topological polar surface area (TPSA) is 139 Å². The molecule has 47 heavy (non-hydrogen) atoms. The third kappa shape index (κ3) is 8.95. The maximum absolute atomic E-state index is 14.5. The number of benzene rings is 4. The second-order valence-corrected chi connectivity index (χ2v) is 12.9. The zero-order valence-corrected chi connectivity index (χ0v) is 27.3. The van der Waals surface area contributed by atoms with E-state index in [-0.39, 0.29) is 35.3 Å². The molecule has 0 fully saturated rings. The van der Waals surface area contributed by atoms with Crippen molar-refractivity contribution < 1.29 is 27.7 Å². The number of carbonyl (C=O) groups excluding carboxylic acids is 2. The second kappa shape index (κ2) is 15.9. The van der Waals surface area contributed by atoms with Gasteiger partial charge < -0.3 is 15.0 Å². The van der Waals surface area contributed by atoms with Crippen LogP contribution in [0.2, 0.25) is 0 Å². The zero-order valence-electron chi connectivity index (χ0n) is 26.5. The molecule has 0 radical (unpaired) electrons. The minimum atomic E-state index is -4.39. The number of hydrogen-bond acceptors (Lipinski definition) is 7. The highest BCUT2D eigenvalue weighted by Crippen LogP contribution is 2.28. The average Bonchev–Trinajstić information content (AvgIpc) is 3.09. The number of ether oxygens (including phenoxy) is 1. The summed E-state index contributed by atoms with van der Waals surface area (Å²) in [5.41, 5.74) is 1.04. The fraction of sp³-hybridized carbons (Fsp3) is 0.257. The van der Waals surface area contributed by atoms with Gasteiger partial charge in [-0.25, -0.2) is 8.42 Å². The van der Waals surface area contributed by atoms with E-state index in [9.17, 15) is 28.1 Å². The van der Waals surface area contributed by atoms with E-state index in [0.29, 0.717) is 17.7 Å². The average molecular weight is 659 g/mol. The van der Waals surface area contributed by atoms with Gasteiger partial charge in [-0.3, -0.25) is 24.0 Å². The summed E-state index contributed by atoms with van der Waals surface area (Å²) < 4.78 is 34.4. The number of carbonyl (C=O) groups is 2. The van der Waals surface area contributed by atoms with Crippen LogP contribution in [0.4, 0.5) is 11.4 Å². The molecule has 0 unspecified atom stereocenters. The number of methoxy groups -OCH3 is 1. The molecule has 4 aromatic carbocycles. The Balaban J connectivity index is 1.84. The Morgan fingerprint density at radius 2 is 1.53 bits per heavy atom. The van der Waals surface area contributed by atoms with Crippen LogP contribution >= 0.6 is 0 Å². The molecule has 246 valence electrons. The highest BCUT2D eigenvalue weighted by atomic mass is 32.2. The van der Waals surface area contributed by atoms with Crippen molar-refractivity contribution in [2.75, 3.05) is 18.0 Å². The molecule has 0 bridgehead atoms. The van der Waals surface area contributed by atoms with Crippen LogP contribution in [0.5, 0.6) is 5.75 Å². The minimum absolute atomic E-state index is 0.0460. The Kier molecular flexibility index (Phi) is 11.7. The summed E-state index contributed by atoms with van der Waals surface area (Å²) >= 11 is 0. The van der Waals surface area contributed by atoms with Gasteiger partial charge in [0.15, 0.2) is 0 Å². The molecule has 0 aliphatic rings. The molecule has 1 N–H and O–H groups in total. The first-order valence-corrected chi connectivity index (χ1v) is 16.6. The molecule has 0 saturated heterocycles. The van der Waals surface area contributed by atoms with Gasteiger partial charge in [-0.05, 0) is 54.8 Å². The van der Waals surface area contributed by atoms with Crippen molar-refractivity contribution in [3.05, 3.63) is 130 Å². The van der Waals surface area contributed by atoms with Crippen molar-refractivity contribution in [3.8, 4) is 5.75 Å². The molecule has 4 aromatic rings. The first-order chi connectivity index (χ1) is 22.5. The Morgan fingerprint density at radius 1 is 0.894 bits per heavy atom. The first kappa shape index (κ1) is 34.6. The summed E-state index contributed by atoms with van der Waals surface area (Å²) in [7, 11) is -2.87. The SMILES string of the molecule is CC[C@H](C)NC(=O)[C@H](Cc1ccccc1)N(Cc1cccc(OC)c1)C(=O)CN(c1cccc([N+](=O)[O-])c1)S(=O)(=O)c1ccccc1. The van der Waals surface area contributed by atoms with Crippen molar-refractivity contribution in [3.63, 3.8) is 0 Å². The maximum atomic E-state index is 14.5. The number of nitro groups is 1. The Hall–Kier alpha value is -5.23. The third-order valence-corrected chi connectivity index (χ3v) is 9.49. The molecule has 0 heterocycles. The standard InChI is InChI=1S/C35H38N4O7S/c1-4-26(2)36-35(41)33(22-27-13-7-5-8-14-27)37(24-28-15-11-18-31(21-28)46-3)34(40)25-38(29-16-12-17-30(23-29)39(42)43)47(44,45)32-19-9-6-10-20-32/h5-21,23,26,33H,4,22,24-25H2,1-3H3,(H,36,41)/t26-,33-/m0/s1. The van der Waals surface area contributed by atoms with Crippen LogP contribution in [0.1, 0.15) is 31.4 Å². The molecule has 0 aliphatic carbocycles. The van der Waals surface area contributed by atoms with Crippen LogP contribution in [-0.4, -0.2) is 55.8 Å². The largest absolute Gasteiger partial charge is 0.497 e. The molecule has 0 aliphatic heterocycles. The van der Waals surface area contributed by atoms with E-state index in [1.807, 2.05) is 44.2 Å². The quantitative estimate of drug-likeness (QED) is 0.134. The maximum Gasteiger partial charge on any atom is 0.271 e. The van der Waals surface area contributed by atoms with E-state index in [2.05, 4.69) is 5.32 Å². The van der Waals surface area contributed by atoms with E-state index < -0.39 is 39.3 Å². The van der Waals surface area contributed by atoms with Crippen molar-refractivity contribution in [2.24, 2.45) is 0 Å². The van der Waals surface area contributed by atoms with E-state index >= 15 is 0 Å². The van der Waals surface area contributed by atoms with Crippen LogP contribution in [0.25, 0.3) is 0 Å². The second-order valence-electron chi connectivity index (χ2n) is 11.0. The summed E-state index contributed by atoms with van der Waals surface area (Å²) in [5.74, 6) is -0.533. The highest BCUT2D eigenvalue weighted by molar-refractivity contribution is 7.92. The predicted molar refractivity (Wildman–Crippen MR) is 179 cm³/mol. The molecule has 0 aromatic heterocycles. The van der Waals surface area contributed by atoms with Crippen LogP contribution < -0.4 is 14.4 Å². The number of hydrogen-bond donors (Lipinski definition) is 1. The fourth-order valence-electron chi connectivity index (χ4n) is 4.97. The van der Waals surface area contributed by atoms with Gasteiger partial charge >= 0.3 is 0 Å². The summed E-state index contributed by atoms with van der Waals surface area (Å²) in [6.45, 7) is 3.02.